The fraction of sp³-hybridized carbons (Fsp3) is 0. The molecule has 3 aromatic heterocycles. The van der Waals surface area contributed by atoms with Gasteiger partial charge in [0.25, 0.3) is 0 Å². The van der Waals surface area contributed by atoms with Gasteiger partial charge in [-0.05, 0) is 63.7 Å². The minimum absolute atomic E-state index is 0.662. The minimum Gasteiger partial charge on any atom is -0.452 e. The van der Waals surface area contributed by atoms with Crippen LogP contribution in [0.5, 0.6) is 0 Å². The number of fused-ring (bicyclic) bond motifs is 9. The number of aromatic nitrogens is 3. The van der Waals surface area contributed by atoms with Crippen molar-refractivity contribution in [3.63, 3.8) is 0 Å². The van der Waals surface area contributed by atoms with Crippen molar-refractivity contribution in [2.75, 3.05) is 0 Å². The average Bonchev–Trinajstić information content (AvgIpc) is 3.76. The van der Waals surface area contributed by atoms with E-state index in [2.05, 4.69) is 150 Å². The van der Waals surface area contributed by atoms with Crippen LogP contribution in [0.15, 0.2) is 180 Å². The molecule has 0 aliphatic rings. The standard InChI is InChI=1S/C48H29N3O/c1-3-13-30(14-4-1)33-24-28-43-39(29-33)46-47(52-43)45(32-16-5-2-6-17-32)49-48(50-46)37-25-27-41(36-20-10-9-19-35(36)37)51-40-22-12-11-21-38(40)44-34-18-8-7-15-31(34)23-26-42(44)51/h1-29H. The highest BCUT2D eigenvalue weighted by atomic mass is 16.3. The summed E-state index contributed by atoms with van der Waals surface area (Å²) < 4.78 is 8.97. The van der Waals surface area contributed by atoms with Crippen molar-refractivity contribution in [3.05, 3.63) is 176 Å². The lowest BCUT2D eigenvalue weighted by Crippen LogP contribution is -1.98. The molecule has 0 amide bonds. The fourth-order valence-corrected chi connectivity index (χ4v) is 8.04. The number of rotatable bonds is 4. The summed E-state index contributed by atoms with van der Waals surface area (Å²) in [6, 6.07) is 62.0. The number of furan rings is 1. The first-order chi connectivity index (χ1) is 25.8. The Bertz CT molecular complexity index is 3180. The van der Waals surface area contributed by atoms with E-state index in [1.54, 1.807) is 0 Å². The highest BCUT2D eigenvalue weighted by Crippen LogP contribution is 2.42. The van der Waals surface area contributed by atoms with Gasteiger partial charge in [-0.25, -0.2) is 9.97 Å². The molecule has 4 nitrogen and oxygen atoms in total. The molecule has 0 N–H and O–H groups in total. The summed E-state index contributed by atoms with van der Waals surface area (Å²) in [6.45, 7) is 0. The van der Waals surface area contributed by atoms with E-state index in [1.165, 1.54) is 32.6 Å². The monoisotopic (exact) mass is 663 g/mol. The summed E-state index contributed by atoms with van der Waals surface area (Å²) in [4.78, 5) is 10.6. The molecule has 0 saturated heterocycles. The zero-order valence-electron chi connectivity index (χ0n) is 28.0. The van der Waals surface area contributed by atoms with Crippen LogP contribution in [0.4, 0.5) is 0 Å². The molecule has 0 unspecified atom stereocenters. The van der Waals surface area contributed by atoms with Crippen molar-refractivity contribution in [1.82, 2.24) is 14.5 Å². The number of benzene rings is 8. The van der Waals surface area contributed by atoms with Crippen LogP contribution in [0, 0.1) is 0 Å². The van der Waals surface area contributed by atoms with E-state index < -0.39 is 0 Å². The Morgan fingerprint density at radius 1 is 0.442 bits per heavy atom. The van der Waals surface area contributed by atoms with Gasteiger partial charge in [0.1, 0.15) is 16.8 Å². The smallest absolute Gasteiger partial charge is 0.180 e. The van der Waals surface area contributed by atoms with Gasteiger partial charge in [-0.1, -0.05) is 140 Å². The van der Waals surface area contributed by atoms with Crippen LogP contribution >= 0.6 is 0 Å². The van der Waals surface area contributed by atoms with E-state index in [1.807, 2.05) is 30.3 Å². The van der Waals surface area contributed by atoms with Gasteiger partial charge in [-0.15, -0.1) is 0 Å². The third-order valence-corrected chi connectivity index (χ3v) is 10.4. The Kier molecular flexibility index (Phi) is 6.22. The molecule has 3 heterocycles. The van der Waals surface area contributed by atoms with Gasteiger partial charge in [0, 0.05) is 32.7 Å². The molecule has 11 aromatic rings. The van der Waals surface area contributed by atoms with E-state index in [-0.39, 0.29) is 0 Å². The molecule has 0 saturated carbocycles. The molecule has 0 fully saturated rings. The third kappa shape index (κ3) is 4.28. The van der Waals surface area contributed by atoms with Gasteiger partial charge in [0.05, 0.1) is 16.7 Å². The lowest BCUT2D eigenvalue weighted by Gasteiger charge is -2.15. The number of hydrogen-bond donors (Lipinski definition) is 0. The van der Waals surface area contributed by atoms with Gasteiger partial charge >= 0.3 is 0 Å². The molecular formula is C48H29N3O. The Morgan fingerprint density at radius 2 is 1.13 bits per heavy atom. The lowest BCUT2D eigenvalue weighted by molar-refractivity contribution is 0.667. The van der Waals surface area contributed by atoms with Gasteiger partial charge in [-0.2, -0.15) is 0 Å². The van der Waals surface area contributed by atoms with E-state index in [9.17, 15) is 0 Å². The largest absolute Gasteiger partial charge is 0.452 e. The minimum atomic E-state index is 0.662. The molecule has 0 aliphatic heterocycles. The fourth-order valence-electron chi connectivity index (χ4n) is 8.04. The Hall–Kier alpha value is -7.04. The van der Waals surface area contributed by atoms with E-state index >= 15 is 0 Å². The first-order valence-corrected chi connectivity index (χ1v) is 17.6. The van der Waals surface area contributed by atoms with Gasteiger partial charge < -0.3 is 8.98 Å². The molecular weight excluding hydrogens is 635 g/mol. The second kappa shape index (κ2) is 11.2. The van der Waals surface area contributed by atoms with E-state index in [4.69, 9.17) is 14.4 Å². The normalized spacial score (nSPS) is 11.8. The highest BCUT2D eigenvalue weighted by Gasteiger charge is 2.22. The van der Waals surface area contributed by atoms with Crippen LogP contribution in [0.25, 0.3) is 105 Å². The van der Waals surface area contributed by atoms with Crippen LogP contribution < -0.4 is 0 Å². The molecule has 8 aromatic carbocycles. The molecule has 0 atom stereocenters. The number of hydrogen-bond acceptors (Lipinski definition) is 3. The second-order valence-corrected chi connectivity index (χ2v) is 13.3. The van der Waals surface area contributed by atoms with Crippen molar-refractivity contribution < 1.29 is 4.42 Å². The van der Waals surface area contributed by atoms with Crippen LogP contribution in [-0.4, -0.2) is 14.5 Å². The highest BCUT2D eigenvalue weighted by molar-refractivity contribution is 6.22. The van der Waals surface area contributed by atoms with Gasteiger partial charge in [0.2, 0.25) is 0 Å². The molecule has 0 spiro atoms. The quantitative estimate of drug-likeness (QED) is 0.188. The molecule has 0 radical (unpaired) electrons. The van der Waals surface area contributed by atoms with E-state index in [0.29, 0.717) is 11.4 Å². The molecule has 0 bridgehead atoms. The maximum absolute atomic E-state index is 6.56. The Morgan fingerprint density at radius 3 is 1.96 bits per heavy atom. The average molecular weight is 664 g/mol. The molecule has 0 aliphatic carbocycles. The maximum Gasteiger partial charge on any atom is 0.180 e. The molecule has 242 valence electrons. The third-order valence-electron chi connectivity index (χ3n) is 10.4. The predicted octanol–water partition coefficient (Wildman–Crippen LogP) is 12.8. The van der Waals surface area contributed by atoms with Crippen molar-refractivity contribution in [2.45, 2.75) is 0 Å². The Balaban J connectivity index is 1.18. The summed E-state index contributed by atoms with van der Waals surface area (Å²) in [7, 11) is 0. The molecule has 4 heteroatoms. The maximum atomic E-state index is 6.56. The lowest BCUT2D eigenvalue weighted by atomic mass is 10.0. The Labute approximate surface area is 298 Å². The summed E-state index contributed by atoms with van der Waals surface area (Å²) in [5, 5.41) is 8.19. The second-order valence-electron chi connectivity index (χ2n) is 13.3. The van der Waals surface area contributed by atoms with Crippen molar-refractivity contribution in [2.24, 2.45) is 0 Å². The van der Waals surface area contributed by atoms with Crippen LogP contribution in [-0.2, 0) is 0 Å². The summed E-state index contributed by atoms with van der Waals surface area (Å²) in [5.74, 6) is 0.662. The van der Waals surface area contributed by atoms with Gasteiger partial charge in [0.15, 0.2) is 11.4 Å². The zero-order chi connectivity index (χ0) is 34.2. The van der Waals surface area contributed by atoms with Crippen molar-refractivity contribution in [1.29, 1.82) is 0 Å². The van der Waals surface area contributed by atoms with Crippen molar-refractivity contribution >= 4 is 65.4 Å². The molecule has 11 rings (SSSR count). The van der Waals surface area contributed by atoms with Crippen LogP contribution in [0.1, 0.15) is 0 Å². The number of para-hydroxylation sites is 1. The van der Waals surface area contributed by atoms with Crippen molar-refractivity contribution in [3.8, 4) is 39.5 Å². The summed E-state index contributed by atoms with van der Waals surface area (Å²) in [6.07, 6.45) is 0. The zero-order valence-corrected chi connectivity index (χ0v) is 28.0. The predicted molar refractivity (Wildman–Crippen MR) is 215 cm³/mol. The van der Waals surface area contributed by atoms with Crippen LogP contribution in [0.3, 0.4) is 0 Å². The first-order valence-electron chi connectivity index (χ1n) is 17.6. The van der Waals surface area contributed by atoms with E-state index in [0.717, 1.165) is 60.9 Å². The first kappa shape index (κ1) is 28.8. The van der Waals surface area contributed by atoms with Crippen LogP contribution in [0.2, 0.25) is 0 Å². The number of nitrogens with zero attached hydrogens (tertiary/aromatic N) is 3. The molecule has 52 heavy (non-hydrogen) atoms. The summed E-state index contributed by atoms with van der Waals surface area (Å²) in [5.41, 5.74) is 10.8. The summed E-state index contributed by atoms with van der Waals surface area (Å²) >= 11 is 0. The van der Waals surface area contributed by atoms with Gasteiger partial charge in [-0.3, -0.25) is 0 Å². The topological polar surface area (TPSA) is 43.9 Å². The SMILES string of the molecule is c1ccc(-c2ccc3oc4c(-c5ccccc5)nc(-c5ccc(-n6c7ccccc7c7c8ccccc8ccc76)c6ccccc56)nc4c3c2)cc1.